The summed E-state index contributed by atoms with van der Waals surface area (Å²) in [5.74, 6) is 0.591. The van der Waals surface area contributed by atoms with Gasteiger partial charge in [0.05, 0.1) is 19.7 Å². The number of carbonyl (C=O) groups excluding carboxylic acids is 1. The zero-order chi connectivity index (χ0) is 17.4. The van der Waals surface area contributed by atoms with E-state index in [2.05, 4.69) is 49.9 Å². The third kappa shape index (κ3) is 4.51. The highest BCUT2D eigenvalue weighted by Crippen LogP contribution is 2.24. The van der Waals surface area contributed by atoms with E-state index < -0.39 is 0 Å². The van der Waals surface area contributed by atoms with E-state index in [1.165, 1.54) is 6.21 Å². The number of hydrogen-bond donors (Lipinski definition) is 1. The Morgan fingerprint density at radius 2 is 2.21 bits per heavy atom. The molecule has 0 unspecified atom stereocenters. The first kappa shape index (κ1) is 17.4. The zero-order valence-corrected chi connectivity index (χ0v) is 13.9. The topological polar surface area (TPSA) is 107 Å². The van der Waals surface area contributed by atoms with Crippen molar-refractivity contribution in [2.75, 3.05) is 25.1 Å². The first-order valence-corrected chi connectivity index (χ1v) is 7.60. The number of benzene rings is 1. The molecule has 0 aliphatic rings. The molecule has 24 heavy (non-hydrogen) atoms. The van der Waals surface area contributed by atoms with Crippen molar-refractivity contribution in [3.8, 4) is 5.75 Å². The second-order valence-corrected chi connectivity index (χ2v) is 4.86. The largest absolute Gasteiger partial charge is 0.496 e. The quantitative estimate of drug-likeness (QED) is 0.550. The van der Waals surface area contributed by atoms with Gasteiger partial charge in [0.25, 0.3) is 0 Å². The number of hydrazone groups is 1. The van der Waals surface area contributed by atoms with Crippen molar-refractivity contribution in [3.63, 3.8) is 0 Å². The van der Waals surface area contributed by atoms with Gasteiger partial charge < -0.3 is 14.7 Å². The molecular weight excluding hydrogens is 310 g/mol. The van der Waals surface area contributed by atoms with Gasteiger partial charge in [-0.2, -0.15) is 10.3 Å². The van der Waals surface area contributed by atoms with Crippen LogP contribution < -0.4 is 20.2 Å². The summed E-state index contributed by atoms with van der Waals surface area (Å²) in [5, 5.41) is 17.7. The molecule has 128 valence electrons. The first-order chi connectivity index (χ1) is 11.7. The normalized spacial score (nSPS) is 10.8. The number of aromatic nitrogens is 4. The summed E-state index contributed by atoms with van der Waals surface area (Å²) in [6.45, 7) is 6.03. The van der Waals surface area contributed by atoms with Crippen LogP contribution in [-0.4, -0.2) is 47.8 Å². The lowest BCUT2D eigenvalue weighted by Gasteiger charge is -2.21. The third-order valence-electron chi connectivity index (χ3n) is 3.42. The number of amides is 1. The van der Waals surface area contributed by atoms with Gasteiger partial charge in [0, 0.05) is 36.2 Å². The van der Waals surface area contributed by atoms with E-state index >= 15 is 0 Å². The number of ether oxygens (including phenoxy) is 1. The number of rotatable bonds is 8. The zero-order valence-electron chi connectivity index (χ0n) is 13.9. The maximum absolute atomic E-state index is 11.7. The number of carbonyl (C=O) groups is 1. The average Bonchev–Trinajstić information content (AvgIpc) is 3.09. The van der Waals surface area contributed by atoms with E-state index in [-0.39, 0.29) is 18.2 Å². The van der Waals surface area contributed by atoms with E-state index in [1.54, 1.807) is 7.11 Å². The van der Waals surface area contributed by atoms with Crippen molar-refractivity contribution in [3.05, 3.63) is 29.6 Å². The van der Waals surface area contributed by atoms with Gasteiger partial charge in [0.1, 0.15) is 5.75 Å². The van der Waals surface area contributed by atoms with Crippen LogP contribution >= 0.6 is 0 Å². The van der Waals surface area contributed by atoms with Gasteiger partial charge in [-0.05, 0) is 26.0 Å². The van der Waals surface area contributed by atoms with Crippen molar-refractivity contribution in [1.29, 1.82) is 0 Å². The summed E-state index contributed by atoms with van der Waals surface area (Å²) >= 11 is 0. The number of anilines is 1. The minimum Gasteiger partial charge on any atom is -0.496 e. The van der Waals surface area contributed by atoms with Crippen LogP contribution in [0, 0.1) is 0 Å². The van der Waals surface area contributed by atoms with Crippen LogP contribution in [0.1, 0.15) is 25.2 Å². The molecule has 1 amide bonds. The second kappa shape index (κ2) is 8.61. The molecule has 0 radical (unpaired) electrons. The molecular formula is C15H20N7O2-. The smallest absolute Gasteiger partial charge is 0.244 e. The third-order valence-corrected chi connectivity index (χ3v) is 3.42. The number of hydrogen-bond acceptors (Lipinski definition) is 7. The van der Waals surface area contributed by atoms with E-state index in [0.29, 0.717) is 5.75 Å². The van der Waals surface area contributed by atoms with E-state index in [1.807, 2.05) is 18.2 Å². The Bertz CT molecular complexity index is 681. The van der Waals surface area contributed by atoms with Crippen molar-refractivity contribution in [2.45, 2.75) is 20.3 Å². The molecule has 0 saturated carbocycles. The molecule has 2 aromatic rings. The Kier molecular flexibility index (Phi) is 6.23. The van der Waals surface area contributed by atoms with Crippen LogP contribution in [0.5, 0.6) is 5.75 Å². The van der Waals surface area contributed by atoms with Crippen LogP contribution in [0.15, 0.2) is 23.3 Å². The average molecular weight is 330 g/mol. The highest BCUT2D eigenvalue weighted by Gasteiger charge is 2.07. The van der Waals surface area contributed by atoms with E-state index in [4.69, 9.17) is 4.74 Å². The molecule has 1 aromatic heterocycles. The van der Waals surface area contributed by atoms with E-state index in [9.17, 15) is 4.79 Å². The Morgan fingerprint density at radius 3 is 2.83 bits per heavy atom. The Labute approximate surface area is 140 Å². The number of nitrogens with one attached hydrogen (secondary N) is 1. The Balaban J connectivity index is 2.01. The summed E-state index contributed by atoms with van der Waals surface area (Å²) in [6, 6.07) is 5.84. The molecule has 9 nitrogen and oxygen atoms in total. The minimum absolute atomic E-state index is 0.0254. The molecule has 1 aromatic carbocycles. The second-order valence-electron chi connectivity index (χ2n) is 4.86. The number of tetrazole rings is 1. The molecule has 0 fully saturated rings. The lowest BCUT2D eigenvalue weighted by molar-refractivity contribution is -0.120. The molecule has 1 heterocycles. The van der Waals surface area contributed by atoms with E-state index in [0.717, 1.165) is 24.3 Å². The Hall–Kier alpha value is -2.97. The molecule has 0 saturated heterocycles. The van der Waals surface area contributed by atoms with Crippen LogP contribution in [0.4, 0.5) is 5.69 Å². The van der Waals surface area contributed by atoms with Crippen LogP contribution in [0.25, 0.3) is 0 Å². The van der Waals surface area contributed by atoms with Crippen molar-refractivity contribution < 1.29 is 9.53 Å². The fourth-order valence-corrected chi connectivity index (χ4v) is 2.18. The fraction of sp³-hybridized carbons (Fsp3) is 0.400. The molecule has 0 spiro atoms. The summed E-state index contributed by atoms with van der Waals surface area (Å²) in [6.07, 6.45) is 1.51. The van der Waals surface area contributed by atoms with Gasteiger partial charge in [-0.25, -0.2) is 5.43 Å². The van der Waals surface area contributed by atoms with Crippen molar-refractivity contribution >= 4 is 17.8 Å². The van der Waals surface area contributed by atoms with Crippen LogP contribution in [-0.2, 0) is 11.2 Å². The SMILES string of the molecule is CCN(CC)c1ccc(/C=N\NC(=O)Cc2nnn[n-]2)c(OC)c1. The predicted octanol–water partition coefficient (Wildman–Crippen LogP) is 0.376. The predicted molar refractivity (Wildman–Crippen MR) is 89.1 cm³/mol. The Morgan fingerprint density at radius 1 is 1.42 bits per heavy atom. The van der Waals surface area contributed by atoms with Gasteiger partial charge in [-0.1, -0.05) is 0 Å². The summed E-state index contributed by atoms with van der Waals surface area (Å²) in [7, 11) is 1.60. The van der Waals surface area contributed by atoms with Gasteiger partial charge in [-0.3, -0.25) is 15.1 Å². The van der Waals surface area contributed by atoms with Crippen molar-refractivity contribution in [1.82, 2.24) is 26.0 Å². The van der Waals surface area contributed by atoms with Gasteiger partial charge >= 0.3 is 0 Å². The molecule has 2 rings (SSSR count). The highest BCUT2D eigenvalue weighted by molar-refractivity contribution is 5.86. The van der Waals surface area contributed by atoms with Crippen LogP contribution in [0.3, 0.4) is 0 Å². The number of methoxy groups -OCH3 is 1. The number of nitrogens with zero attached hydrogens (tertiary/aromatic N) is 6. The van der Waals surface area contributed by atoms with Crippen LogP contribution in [0.2, 0.25) is 0 Å². The fourth-order valence-electron chi connectivity index (χ4n) is 2.18. The molecule has 0 aliphatic carbocycles. The maximum Gasteiger partial charge on any atom is 0.244 e. The maximum atomic E-state index is 11.7. The highest BCUT2D eigenvalue weighted by atomic mass is 16.5. The summed E-state index contributed by atoms with van der Waals surface area (Å²) < 4.78 is 5.40. The monoisotopic (exact) mass is 330 g/mol. The van der Waals surface area contributed by atoms with Crippen molar-refractivity contribution in [2.24, 2.45) is 5.10 Å². The minimum atomic E-state index is -0.347. The molecule has 9 heteroatoms. The van der Waals surface area contributed by atoms with Gasteiger partial charge in [0.2, 0.25) is 5.91 Å². The molecule has 0 atom stereocenters. The standard InChI is InChI=1S/C15H21N7O2/c1-4-22(5-2)12-7-6-11(13(8-12)24-3)10-16-19-15(23)9-14-17-20-21-18-14/h6-8,10H,4-5,9H2,1-3H3,(H2,17,18,19,20,21,23)/p-1/b16-10-. The molecule has 1 N–H and O–H groups in total. The lowest BCUT2D eigenvalue weighted by atomic mass is 10.2. The molecule has 0 aliphatic heterocycles. The van der Waals surface area contributed by atoms with Gasteiger partial charge in [0.15, 0.2) is 0 Å². The summed E-state index contributed by atoms with van der Waals surface area (Å²) in [5.41, 5.74) is 4.25. The van der Waals surface area contributed by atoms with Gasteiger partial charge in [-0.15, -0.1) is 0 Å². The molecule has 0 bridgehead atoms. The summed E-state index contributed by atoms with van der Waals surface area (Å²) in [4.78, 5) is 13.9. The lowest BCUT2D eigenvalue weighted by Crippen LogP contribution is -2.22. The first-order valence-electron chi connectivity index (χ1n) is 7.60.